The fourth-order valence-electron chi connectivity index (χ4n) is 8.17. The number of cyclic esters (lactones) is 1. The molecule has 0 aromatic carbocycles. The van der Waals surface area contributed by atoms with Gasteiger partial charge >= 0.3 is 11.9 Å². The molecule has 0 aromatic heterocycles. The van der Waals surface area contributed by atoms with E-state index in [-0.39, 0.29) is 34.5 Å². The summed E-state index contributed by atoms with van der Waals surface area (Å²) in [6.07, 6.45) is 11.4. The van der Waals surface area contributed by atoms with Crippen LogP contribution in [0.2, 0.25) is 0 Å². The zero-order chi connectivity index (χ0) is 26.0. The molecule has 2 N–H and O–H groups in total. The number of aliphatic carboxylic acids is 1. The Bertz CT molecular complexity index is 1050. The monoisotopic (exact) mass is 482 g/mol. The summed E-state index contributed by atoms with van der Waals surface area (Å²) in [5.74, 6) is -2.08. The minimum Gasteiger partial charge on any atom is -0.481 e. The molecule has 0 bridgehead atoms. The summed E-state index contributed by atoms with van der Waals surface area (Å²) >= 11 is 0. The number of hydrogen-bond acceptors (Lipinski definition) is 4. The Balaban J connectivity index is 1.69. The van der Waals surface area contributed by atoms with E-state index in [0.29, 0.717) is 24.3 Å². The highest BCUT2D eigenvalue weighted by Crippen LogP contribution is 2.68. The summed E-state index contributed by atoms with van der Waals surface area (Å²) in [6, 6.07) is 0. The van der Waals surface area contributed by atoms with E-state index in [1.807, 2.05) is 0 Å². The number of carbonyl (C=O) groups is 2. The summed E-state index contributed by atoms with van der Waals surface area (Å²) in [4.78, 5) is 23.5. The van der Waals surface area contributed by atoms with E-state index in [1.54, 1.807) is 13.0 Å². The van der Waals surface area contributed by atoms with Crippen LogP contribution in [-0.4, -0.2) is 27.9 Å². The van der Waals surface area contributed by atoms with Crippen LogP contribution in [0.25, 0.3) is 0 Å². The predicted octanol–water partition coefficient (Wildman–Crippen LogP) is 6.35. The van der Waals surface area contributed by atoms with Crippen molar-refractivity contribution >= 4 is 11.9 Å². The minimum atomic E-state index is -1.53. The Morgan fingerprint density at radius 3 is 2.54 bits per heavy atom. The average Bonchev–Trinajstić information content (AvgIpc) is 3.18. The van der Waals surface area contributed by atoms with Gasteiger partial charge in [0, 0.05) is 24.3 Å². The van der Waals surface area contributed by atoms with Gasteiger partial charge in [-0.05, 0) is 85.7 Å². The molecule has 1 heterocycles. The zero-order valence-electron chi connectivity index (χ0n) is 22.2. The molecule has 192 valence electrons. The largest absolute Gasteiger partial charge is 0.481 e. The van der Waals surface area contributed by atoms with Crippen LogP contribution in [0.1, 0.15) is 86.5 Å². The Hall–Kier alpha value is -2.14. The Morgan fingerprint density at radius 1 is 1.29 bits per heavy atom. The molecule has 1 fully saturated rings. The molecular formula is C30H42O5. The minimum absolute atomic E-state index is 0.0237. The first-order chi connectivity index (χ1) is 16.2. The lowest BCUT2D eigenvalue weighted by Gasteiger charge is -2.55. The lowest BCUT2D eigenvalue weighted by molar-refractivity contribution is -0.187. The van der Waals surface area contributed by atoms with Gasteiger partial charge in [-0.3, -0.25) is 4.79 Å². The van der Waals surface area contributed by atoms with Gasteiger partial charge in [-0.15, -0.1) is 0 Å². The van der Waals surface area contributed by atoms with Crippen LogP contribution < -0.4 is 0 Å². The smallest absolute Gasteiger partial charge is 0.336 e. The summed E-state index contributed by atoms with van der Waals surface area (Å²) < 4.78 is 5.34. The van der Waals surface area contributed by atoms with E-state index < -0.39 is 17.7 Å². The second-order valence-electron chi connectivity index (χ2n) is 12.5. The van der Waals surface area contributed by atoms with E-state index in [2.05, 4.69) is 53.3 Å². The van der Waals surface area contributed by atoms with E-state index in [4.69, 9.17) is 4.74 Å². The van der Waals surface area contributed by atoms with Crippen molar-refractivity contribution in [1.82, 2.24) is 0 Å². The van der Waals surface area contributed by atoms with Gasteiger partial charge in [-0.2, -0.15) is 0 Å². The molecular weight excluding hydrogens is 440 g/mol. The van der Waals surface area contributed by atoms with Gasteiger partial charge in [0.05, 0.1) is 0 Å². The molecule has 0 unspecified atom stereocenters. The van der Waals surface area contributed by atoms with Crippen LogP contribution in [0, 0.1) is 34.0 Å². The molecule has 5 nitrogen and oxygen atoms in total. The van der Waals surface area contributed by atoms with Gasteiger partial charge in [0.1, 0.15) is 0 Å². The number of hydrogen-bond donors (Lipinski definition) is 2. The van der Waals surface area contributed by atoms with Crippen LogP contribution in [0.15, 0.2) is 47.1 Å². The second kappa shape index (κ2) is 8.47. The number of carboxylic acids is 1. The highest BCUT2D eigenvalue weighted by Gasteiger charge is 2.59. The van der Waals surface area contributed by atoms with Crippen LogP contribution in [0.4, 0.5) is 0 Å². The third kappa shape index (κ3) is 3.94. The molecule has 0 radical (unpaired) electrons. The molecule has 1 saturated carbocycles. The molecule has 3 aliphatic carbocycles. The molecule has 0 spiro atoms. The van der Waals surface area contributed by atoms with Crippen molar-refractivity contribution in [2.75, 3.05) is 0 Å². The van der Waals surface area contributed by atoms with Gasteiger partial charge < -0.3 is 14.9 Å². The summed E-state index contributed by atoms with van der Waals surface area (Å²) in [5.41, 5.74) is 4.23. The molecule has 7 atom stereocenters. The predicted molar refractivity (Wildman–Crippen MR) is 136 cm³/mol. The fourth-order valence-corrected chi connectivity index (χ4v) is 8.17. The molecule has 0 saturated heterocycles. The van der Waals surface area contributed by atoms with Gasteiger partial charge in [-0.25, -0.2) is 4.79 Å². The fraction of sp³-hybridized carbons (Fsp3) is 0.667. The van der Waals surface area contributed by atoms with Crippen molar-refractivity contribution in [2.24, 2.45) is 34.0 Å². The Labute approximate surface area is 210 Å². The quantitative estimate of drug-likeness (QED) is 0.326. The van der Waals surface area contributed by atoms with Crippen LogP contribution >= 0.6 is 0 Å². The molecule has 35 heavy (non-hydrogen) atoms. The maximum atomic E-state index is 11.9. The molecule has 0 aromatic rings. The van der Waals surface area contributed by atoms with E-state index in [1.165, 1.54) is 11.1 Å². The van der Waals surface area contributed by atoms with Gasteiger partial charge in [0.25, 0.3) is 0 Å². The van der Waals surface area contributed by atoms with Crippen LogP contribution in [0.5, 0.6) is 0 Å². The van der Waals surface area contributed by atoms with E-state index in [0.717, 1.165) is 31.3 Å². The summed E-state index contributed by atoms with van der Waals surface area (Å²) in [5, 5.41) is 20.5. The van der Waals surface area contributed by atoms with Crippen LogP contribution in [0.3, 0.4) is 0 Å². The summed E-state index contributed by atoms with van der Waals surface area (Å²) in [7, 11) is 0. The van der Waals surface area contributed by atoms with E-state index >= 15 is 0 Å². The van der Waals surface area contributed by atoms with Crippen LogP contribution in [-0.2, 0) is 14.3 Å². The van der Waals surface area contributed by atoms with E-state index in [9.17, 15) is 19.8 Å². The number of aliphatic hydroxyl groups is 1. The molecule has 5 heteroatoms. The van der Waals surface area contributed by atoms with Gasteiger partial charge in [-0.1, -0.05) is 57.6 Å². The second-order valence-corrected chi connectivity index (χ2v) is 12.5. The van der Waals surface area contributed by atoms with Crippen molar-refractivity contribution < 1.29 is 24.5 Å². The third-order valence-electron chi connectivity index (χ3n) is 10.6. The number of esters is 1. The zero-order valence-corrected chi connectivity index (χ0v) is 22.2. The highest BCUT2D eigenvalue weighted by atomic mass is 16.7. The van der Waals surface area contributed by atoms with Gasteiger partial charge in [0.15, 0.2) is 0 Å². The standard InChI is InChI=1S/C30H42O5/c1-18(2)22-9-8-21-23(27(22,5)13-12-25(31)32)10-15-29(7)24(21)11-14-28(29,6)20(4)17-30(34)16-19(3)26(33)35-30/h8-9,16,20,22-23,34H,1,10-15,17H2,2-7H3,(H,31,32)/t20-,22+,23-,27+,28+,29-,30-/m1/s1. The normalized spacial score (nSPS) is 41.2. The van der Waals surface area contributed by atoms with Crippen molar-refractivity contribution in [1.29, 1.82) is 0 Å². The first kappa shape index (κ1) is 25.9. The first-order valence-electron chi connectivity index (χ1n) is 13.1. The highest BCUT2D eigenvalue weighted by molar-refractivity contribution is 5.90. The molecule has 0 amide bonds. The Kier molecular flexibility index (Phi) is 6.28. The maximum absolute atomic E-state index is 11.9. The number of allylic oxidation sites excluding steroid dienone is 5. The molecule has 1 aliphatic heterocycles. The Morgan fingerprint density at radius 2 is 1.97 bits per heavy atom. The molecule has 4 rings (SSSR count). The number of ether oxygens (including phenoxy) is 1. The lowest BCUT2D eigenvalue weighted by Crippen LogP contribution is -2.47. The van der Waals surface area contributed by atoms with Crippen molar-refractivity contribution in [3.8, 4) is 0 Å². The number of fused-ring (bicyclic) bond motifs is 2. The van der Waals surface area contributed by atoms with Crippen molar-refractivity contribution in [2.45, 2.75) is 92.3 Å². The van der Waals surface area contributed by atoms with Crippen molar-refractivity contribution in [3.63, 3.8) is 0 Å². The molecule has 4 aliphatic rings. The average molecular weight is 483 g/mol. The third-order valence-corrected chi connectivity index (χ3v) is 10.6. The number of rotatable bonds is 7. The van der Waals surface area contributed by atoms with Gasteiger partial charge in [0.2, 0.25) is 5.79 Å². The van der Waals surface area contributed by atoms with Crippen molar-refractivity contribution in [3.05, 3.63) is 47.1 Å². The number of carbonyl (C=O) groups excluding carboxylic acids is 1. The number of carboxylic acid groups (broad SMARTS) is 1. The lowest BCUT2D eigenvalue weighted by atomic mass is 9.49. The topological polar surface area (TPSA) is 83.8 Å². The SMILES string of the molecule is C=C(C)[C@@H]1C=CC2=C3CC[C@@](C)([C@H](C)C[C@@]4(O)C=C(C)C(=O)O4)[C@]3(C)CC[C@H]2[C@@]1(C)CCC(=O)O. The maximum Gasteiger partial charge on any atom is 0.336 e. The summed E-state index contributed by atoms with van der Waals surface area (Å²) in [6.45, 7) is 17.2. The first-order valence-corrected chi connectivity index (χ1v) is 13.1.